The van der Waals surface area contributed by atoms with E-state index in [-0.39, 0.29) is 12.0 Å². The van der Waals surface area contributed by atoms with E-state index >= 15 is 0 Å². The van der Waals surface area contributed by atoms with Crippen molar-refractivity contribution in [2.45, 2.75) is 26.5 Å². The summed E-state index contributed by atoms with van der Waals surface area (Å²) in [6.45, 7) is 4.95. The predicted octanol–water partition coefficient (Wildman–Crippen LogP) is 3.19. The SMILES string of the molecule is CC(C)Oc1ccc2c(c1)C(=O)NC=CC=C[C](=[W])c1nccn1CC=CCO2. The summed E-state index contributed by atoms with van der Waals surface area (Å²) >= 11 is 1.32. The molecule has 2 aromatic rings. The van der Waals surface area contributed by atoms with Crippen molar-refractivity contribution >= 4 is 9.81 Å². The molecule has 1 aromatic heterocycles. The van der Waals surface area contributed by atoms with E-state index in [9.17, 15) is 4.79 Å². The van der Waals surface area contributed by atoms with Gasteiger partial charge in [-0.1, -0.05) is 0 Å². The molecule has 150 valence electrons. The topological polar surface area (TPSA) is 65.4 Å². The minimum absolute atomic E-state index is 0.0193. The van der Waals surface area contributed by atoms with E-state index in [1.165, 1.54) is 19.4 Å². The van der Waals surface area contributed by atoms with Gasteiger partial charge in [0.05, 0.1) is 0 Å². The van der Waals surface area contributed by atoms with Gasteiger partial charge in [0.25, 0.3) is 0 Å². The van der Waals surface area contributed by atoms with Crippen molar-refractivity contribution in [2.24, 2.45) is 0 Å². The number of rotatable bonds is 2. The molecule has 0 atom stereocenters. The number of hydrogen-bond donors (Lipinski definition) is 1. The zero-order valence-electron chi connectivity index (χ0n) is 16.4. The van der Waals surface area contributed by atoms with E-state index < -0.39 is 0 Å². The fraction of sp³-hybridized carbons (Fsp3) is 0.227. The molecular formula is C22H23N3O3W. The molecule has 1 N–H and O–H groups in total. The van der Waals surface area contributed by atoms with E-state index in [0.717, 1.165) is 9.72 Å². The maximum atomic E-state index is 12.7. The molecule has 0 bridgehead atoms. The van der Waals surface area contributed by atoms with Gasteiger partial charge in [0, 0.05) is 0 Å². The van der Waals surface area contributed by atoms with Gasteiger partial charge in [-0.3, -0.25) is 0 Å². The molecular weight excluding hydrogens is 538 g/mol. The third-order valence-electron chi connectivity index (χ3n) is 3.98. The molecule has 1 aliphatic rings. The average molecular weight is 561 g/mol. The molecule has 0 saturated heterocycles. The molecule has 1 amide bonds. The number of aromatic nitrogens is 2. The van der Waals surface area contributed by atoms with Crippen LogP contribution in [-0.4, -0.2) is 32.1 Å². The van der Waals surface area contributed by atoms with Crippen LogP contribution in [-0.2, 0) is 25.9 Å². The van der Waals surface area contributed by atoms with E-state index in [1.807, 2.05) is 50.4 Å². The summed E-state index contributed by atoms with van der Waals surface area (Å²) in [6, 6.07) is 5.29. The van der Waals surface area contributed by atoms with E-state index in [4.69, 9.17) is 9.47 Å². The zero-order chi connectivity index (χ0) is 20.6. The van der Waals surface area contributed by atoms with Crippen LogP contribution in [0.1, 0.15) is 30.0 Å². The quantitative estimate of drug-likeness (QED) is 0.573. The van der Waals surface area contributed by atoms with Crippen LogP contribution in [0.2, 0.25) is 0 Å². The molecule has 3 rings (SSSR count). The molecule has 7 heteroatoms. The summed E-state index contributed by atoms with van der Waals surface area (Å²) in [4.78, 5) is 17.1. The number of nitrogens with zero attached hydrogens (tertiary/aromatic N) is 2. The monoisotopic (exact) mass is 561 g/mol. The van der Waals surface area contributed by atoms with Crippen LogP contribution in [0.15, 0.2) is 67.2 Å². The fourth-order valence-electron chi connectivity index (χ4n) is 2.71. The Hall–Kier alpha value is -2.72. The van der Waals surface area contributed by atoms with Crippen molar-refractivity contribution < 1.29 is 33.6 Å². The van der Waals surface area contributed by atoms with Crippen LogP contribution < -0.4 is 14.8 Å². The Morgan fingerprint density at radius 1 is 1.28 bits per heavy atom. The van der Waals surface area contributed by atoms with Gasteiger partial charge in [-0.25, -0.2) is 0 Å². The van der Waals surface area contributed by atoms with Crippen molar-refractivity contribution in [1.82, 2.24) is 14.9 Å². The molecule has 0 spiro atoms. The van der Waals surface area contributed by atoms with Gasteiger partial charge in [-0.15, -0.1) is 0 Å². The molecule has 2 heterocycles. The van der Waals surface area contributed by atoms with Gasteiger partial charge in [0.15, 0.2) is 0 Å². The first kappa shape index (κ1) is 21.0. The van der Waals surface area contributed by atoms with Crippen molar-refractivity contribution in [1.29, 1.82) is 0 Å². The van der Waals surface area contributed by atoms with E-state index in [2.05, 4.69) is 14.9 Å². The Labute approximate surface area is 181 Å². The van der Waals surface area contributed by atoms with Gasteiger partial charge in [0.2, 0.25) is 0 Å². The third kappa shape index (κ3) is 5.88. The molecule has 0 unspecified atom stereocenters. The summed E-state index contributed by atoms with van der Waals surface area (Å²) < 4.78 is 14.8. The number of amides is 1. The number of ether oxygens (including phenoxy) is 2. The van der Waals surface area contributed by atoms with Crippen LogP contribution in [0.4, 0.5) is 0 Å². The summed E-state index contributed by atoms with van der Waals surface area (Å²) in [5, 5.41) is 2.78. The van der Waals surface area contributed by atoms with E-state index in [1.54, 1.807) is 30.6 Å². The number of imidazole rings is 1. The third-order valence-corrected chi connectivity index (χ3v) is 5.12. The molecule has 29 heavy (non-hydrogen) atoms. The maximum absolute atomic E-state index is 12.7. The molecule has 0 radical (unpaired) electrons. The number of carbonyl (C=O) groups excluding carboxylic acids is 1. The number of fused-ring (bicyclic) bond motifs is 2. The normalized spacial score (nSPS) is 14.9. The van der Waals surface area contributed by atoms with Crippen LogP contribution in [0.3, 0.4) is 0 Å². The number of benzene rings is 1. The molecule has 1 aliphatic heterocycles. The van der Waals surface area contributed by atoms with Crippen molar-refractivity contribution in [3.8, 4) is 11.5 Å². The Morgan fingerprint density at radius 2 is 2.14 bits per heavy atom. The van der Waals surface area contributed by atoms with Gasteiger partial charge in [-0.2, -0.15) is 0 Å². The molecule has 0 aliphatic carbocycles. The van der Waals surface area contributed by atoms with E-state index in [0.29, 0.717) is 30.2 Å². The summed E-state index contributed by atoms with van der Waals surface area (Å²) in [5.74, 6) is 1.83. The second-order valence-electron chi connectivity index (χ2n) is 6.57. The summed E-state index contributed by atoms with van der Waals surface area (Å²) in [6.07, 6.45) is 15.0. The average Bonchev–Trinajstić information content (AvgIpc) is 3.15. The summed E-state index contributed by atoms with van der Waals surface area (Å²) in [7, 11) is 0. The Morgan fingerprint density at radius 3 is 2.97 bits per heavy atom. The fourth-order valence-corrected chi connectivity index (χ4v) is 3.60. The Balaban J connectivity index is 1.87. The number of nitrogens with one attached hydrogen (secondary N) is 1. The summed E-state index contributed by atoms with van der Waals surface area (Å²) in [5.41, 5.74) is 0.432. The van der Waals surface area contributed by atoms with Crippen LogP contribution in [0, 0.1) is 0 Å². The van der Waals surface area contributed by atoms with Gasteiger partial charge >= 0.3 is 168 Å². The van der Waals surface area contributed by atoms with Crippen molar-refractivity contribution in [2.75, 3.05) is 6.61 Å². The first-order chi connectivity index (χ1) is 14.0. The second kappa shape index (κ2) is 10.2. The Bertz CT molecular complexity index is 973. The van der Waals surface area contributed by atoms with Crippen LogP contribution in [0.25, 0.3) is 0 Å². The van der Waals surface area contributed by atoms with Crippen molar-refractivity contribution in [3.05, 3.63) is 78.6 Å². The standard InChI is InChI=1S/C22H23N3O3.W/c1-17(2)28-18-9-10-20-19(16-18)22(26)24-11-5-3-4-8-21-23-12-14-25(21)13-6-7-15-27-20;/h3-7,9-12,14,16-17H,13,15H2,1-2H3,(H,24,26);. The molecule has 0 saturated carbocycles. The number of carbonyl (C=O) groups is 1. The van der Waals surface area contributed by atoms with Crippen LogP contribution >= 0.6 is 0 Å². The Kier molecular flexibility index (Phi) is 7.36. The second-order valence-corrected chi connectivity index (χ2v) is 8.15. The molecule has 1 aromatic carbocycles. The van der Waals surface area contributed by atoms with Gasteiger partial charge < -0.3 is 0 Å². The minimum atomic E-state index is -0.253. The first-order valence-corrected chi connectivity index (χ1v) is 10.8. The number of hydrogen-bond acceptors (Lipinski definition) is 4. The van der Waals surface area contributed by atoms with Crippen LogP contribution in [0.5, 0.6) is 11.5 Å². The molecule has 0 fully saturated rings. The molecule has 6 nitrogen and oxygen atoms in total. The number of allylic oxidation sites excluding steroid dienone is 4. The first-order valence-electron chi connectivity index (χ1n) is 9.32. The predicted molar refractivity (Wildman–Crippen MR) is 109 cm³/mol. The van der Waals surface area contributed by atoms with Crippen molar-refractivity contribution in [3.63, 3.8) is 0 Å². The zero-order valence-corrected chi connectivity index (χ0v) is 19.3. The van der Waals surface area contributed by atoms with Gasteiger partial charge in [0.1, 0.15) is 0 Å². The van der Waals surface area contributed by atoms with Gasteiger partial charge in [-0.05, 0) is 13.8 Å².